The largest absolute Gasteiger partial charge is 0.389 e. The molecule has 0 bridgehead atoms. The van der Waals surface area contributed by atoms with Gasteiger partial charge in [-0.1, -0.05) is 0 Å². The van der Waals surface area contributed by atoms with E-state index in [0.29, 0.717) is 30.7 Å². The van der Waals surface area contributed by atoms with E-state index in [1.165, 1.54) is 0 Å². The van der Waals surface area contributed by atoms with Crippen molar-refractivity contribution in [3.8, 4) is 0 Å². The molecule has 0 radical (unpaired) electrons. The molecule has 1 aromatic carbocycles. The minimum Gasteiger partial charge on any atom is -0.389 e. The first-order chi connectivity index (χ1) is 10.4. The molecule has 1 fully saturated rings. The van der Waals surface area contributed by atoms with Gasteiger partial charge in [-0.25, -0.2) is 0 Å². The van der Waals surface area contributed by atoms with E-state index < -0.39 is 5.60 Å². The zero-order valence-electron chi connectivity index (χ0n) is 12.9. The van der Waals surface area contributed by atoms with E-state index in [-0.39, 0.29) is 5.91 Å². The van der Waals surface area contributed by atoms with E-state index in [1.807, 2.05) is 4.90 Å². The fraction of sp³-hybridized carbons (Fsp3) is 0.533. The van der Waals surface area contributed by atoms with Crippen LogP contribution in [-0.4, -0.2) is 74.5 Å². The highest BCUT2D eigenvalue weighted by Gasteiger charge is 2.25. The molecule has 118 valence electrons. The van der Waals surface area contributed by atoms with Gasteiger partial charge in [0.25, 0.3) is 5.91 Å². The van der Waals surface area contributed by atoms with Crippen LogP contribution in [0.2, 0.25) is 0 Å². The molecule has 2 heterocycles. The summed E-state index contributed by atoms with van der Waals surface area (Å²) in [6, 6.07) is 5.36. The maximum atomic E-state index is 12.6. The predicted molar refractivity (Wildman–Crippen MR) is 82.5 cm³/mol. The predicted octanol–water partition coefficient (Wildman–Crippen LogP) is 0.487. The van der Waals surface area contributed by atoms with Gasteiger partial charge in [0.2, 0.25) is 0 Å². The maximum absolute atomic E-state index is 12.6. The number of β-amino-alcohol motifs (C(OH)–C–C–N with tert-alkyl or cyclic N) is 1. The zero-order valence-corrected chi connectivity index (χ0v) is 12.9. The summed E-state index contributed by atoms with van der Waals surface area (Å²) in [6.45, 7) is 7.14. The minimum absolute atomic E-state index is 0.0211. The van der Waals surface area contributed by atoms with Gasteiger partial charge in [-0.05, 0) is 32.0 Å². The first-order valence-electron chi connectivity index (χ1n) is 7.47. The Kier molecular flexibility index (Phi) is 3.84. The molecule has 1 aliphatic heterocycles. The Balaban J connectivity index is 1.64. The first kappa shape index (κ1) is 14.9. The van der Waals surface area contributed by atoms with E-state index >= 15 is 0 Å². The van der Waals surface area contributed by atoms with Crippen molar-refractivity contribution in [1.29, 1.82) is 0 Å². The van der Waals surface area contributed by atoms with Gasteiger partial charge < -0.3 is 10.0 Å². The summed E-state index contributed by atoms with van der Waals surface area (Å²) in [5, 5.41) is 20.4. The number of benzene rings is 1. The van der Waals surface area contributed by atoms with Crippen molar-refractivity contribution >= 4 is 16.9 Å². The van der Waals surface area contributed by atoms with Crippen LogP contribution in [-0.2, 0) is 0 Å². The van der Waals surface area contributed by atoms with E-state index in [9.17, 15) is 9.90 Å². The van der Waals surface area contributed by atoms with Crippen molar-refractivity contribution in [1.82, 2.24) is 25.2 Å². The fourth-order valence-electron chi connectivity index (χ4n) is 2.81. The van der Waals surface area contributed by atoms with Crippen LogP contribution < -0.4 is 0 Å². The average Bonchev–Trinajstić information content (AvgIpc) is 2.93. The molecule has 1 aliphatic rings. The van der Waals surface area contributed by atoms with Gasteiger partial charge in [0.15, 0.2) is 0 Å². The molecule has 1 amide bonds. The number of hydrogen-bond donors (Lipinski definition) is 2. The van der Waals surface area contributed by atoms with E-state index in [4.69, 9.17) is 0 Å². The Hall–Kier alpha value is -1.99. The van der Waals surface area contributed by atoms with Crippen LogP contribution in [0.1, 0.15) is 24.2 Å². The molecule has 0 atom stereocenters. The lowest BCUT2D eigenvalue weighted by molar-refractivity contribution is 0.0178. The van der Waals surface area contributed by atoms with Gasteiger partial charge in [-0.3, -0.25) is 9.69 Å². The second-order valence-electron chi connectivity index (χ2n) is 6.41. The van der Waals surface area contributed by atoms with Gasteiger partial charge in [-0.15, -0.1) is 0 Å². The standard InChI is InChI=1S/C15H21N5O2/c1-15(2,22)10-19-5-7-20(8-6-19)14(21)11-3-4-12-13(9-11)17-18-16-12/h3-4,9,22H,5-8,10H2,1-2H3,(H,16,17,18). The fourth-order valence-corrected chi connectivity index (χ4v) is 2.81. The number of H-pyrrole nitrogens is 1. The molecular weight excluding hydrogens is 282 g/mol. The monoisotopic (exact) mass is 303 g/mol. The van der Waals surface area contributed by atoms with Crippen LogP contribution >= 0.6 is 0 Å². The number of nitrogens with one attached hydrogen (secondary N) is 1. The molecule has 1 saturated heterocycles. The lowest BCUT2D eigenvalue weighted by Crippen LogP contribution is -2.51. The third-order valence-electron chi connectivity index (χ3n) is 3.83. The topological polar surface area (TPSA) is 85.4 Å². The van der Waals surface area contributed by atoms with Crippen molar-refractivity contribution in [2.75, 3.05) is 32.7 Å². The number of fused-ring (bicyclic) bond motifs is 1. The molecule has 0 spiro atoms. The molecule has 7 nitrogen and oxygen atoms in total. The normalized spacial score (nSPS) is 17.1. The summed E-state index contributed by atoms with van der Waals surface area (Å²) < 4.78 is 0. The minimum atomic E-state index is -0.704. The van der Waals surface area contributed by atoms with Crippen molar-refractivity contribution < 1.29 is 9.90 Å². The second-order valence-corrected chi connectivity index (χ2v) is 6.41. The van der Waals surface area contributed by atoms with Gasteiger partial charge in [0.1, 0.15) is 11.0 Å². The molecule has 22 heavy (non-hydrogen) atoms. The first-order valence-corrected chi connectivity index (χ1v) is 7.47. The summed E-state index contributed by atoms with van der Waals surface area (Å²) in [6.07, 6.45) is 0. The highest BCUT2D eigenvalue weighted by atomic mass is 16.3. The molecule has 2 N–H and O–H groups in total. The average molecular weight is 303 g/mol. The van der Waals surface area contributed by atoms with Crippen LogP contribution in [0.25, 0.3) is 11.0 Å². The summed E-state index contributed by atoms with van der Waals surface area (Å²) in [5.41, 5.74) is 1.39. The van der Waals surface area contributed by atoms with E-state index in [1.54, 1.807) is 32.0 Å². The quantitative estimate of drug-likeness (QED) is 0.862. The number of carbonyl (C=O) groups is 1. The number of hydrogen-bond acceptors (Lipinski definition) is 5. The number of aromatic nitrogens is 3. The van der Waals surface area contributed by atoms with Gasteiger partial charge in [-0.2, -0.15) is 15.4 Å². The third kappa shape index (κ3) is 3.26. The number of piperazine rings is 1. The summed E-state index contributed by atoms with van der Waals surface area (Å²) in [7, 11) is 0. The summed E-state index contributed by atoms with van der Waals surface area (Å²) in [5.74, 6) is 0.0211. The number of amides is 1. The van der Waals surface area contributed by atoms with Crippen LogP contribution in [0.4, 0.5) is 0 Å². The Morgan fingerprint density at radius 3 is 2.59 bits per heavy atom. The van der Waals surface area contributed by atoms with Crippen molar-refractivity contribution in [2.45, 2.75) is 19.4 Å². The van der Waals surface area contributed by atoms with Crippen molar-refractivity contribution in [3.05, 3.63) is 23.8 Å². The molecule has 3 rings (SSSR count). The molecule has 0 saturated carbocycles. The van der Waals surface area contributed by atoms with E-state index in [2.05, 4.69) is 20.3 Å². The second kappa shape index (κ2) is 5.66. The lowest BCUT2D eigenvalue weighted by atomic mass is 10.1. The number of rotatable bonds is 3. The maximum Gasteiger partial charge on any atom is 0.254 e. The van der Waals surface area contributed by atoms with Crippen LogP contribution in [0, 0.1) is 0 Å². The van der Waals surface area contributed by atoms with Gasteiger partial charge >= 0.3 is 0 Å². The highest BCUT2D eigenvalue weighted by Crippen LogP contribution is 2.15. The molecular formula is C15H21N5O2. The molecule has 0 aliphatic carbocycles. The number of carbonyl (C=O) groups excluding carboxylic acids is 1. The van der Waals surface area contributed by atoms with Crippen LogP contribution in [0.15, 0.2) is 18.2 Å². The molecule has 0 unspecified atom stereocenters. The number of aromatic amines is 1. The van der Waals surface area contributed by atoms with Crippen LogP contribution in [0.5, 0.6) is 0 Å². The van der Waals surface area contributed by atoms with Crippen molar-refractivity contribution in [2.24, 2.45) is 0 Å². The molecule has 2 aromatic rings. The van der Waals surface area contributed by atoms with Crippen molar-refractivity contribution in [3.63, 3.8) is 0 Å². The Morgan fingerprint density at radius 2 is 1.91 bits per heavy atom. The number of aliphatic hydroxyl groups is 1. The Labute approximate surface area is 128 Å². The zero-order chi connectivity index (χ0) is 15.7. The molecule has 7 heteroatoms. The van der Waals surface area contributed by atoms with Crippen LogP contribution in [0.3, 0.4) is 0 Å². The van der Waals surface area contributed by atoms with Gasteiger partial charge in [0.05, 0.1) is 5.60 Å². The van der Waals surface area contributed by atoms with Gasteiger partial charge in [0, 0.05) is 38.3 Å². The lowest BCUT2D eigenvalue weighted by Gasteiger charge is -2.37. The third-order valence-corrected chi connectivity index (χ3v) is 3.83. The number of nitrogens with zero attached hydrogens (tertiary/aromatic N) is 4. The summed E-state index contributed by atoms with van der Waals surface area (Å²) in [4.78, 5) is 16.6. The Bertz CT molecular complexity index is 668. The molecule has 1 aromatic heterocycles. The summed E-state index contributed by atoms with van der Waals surface area (Å²) >= 11 is 0. The highest BCUT2D eigenvalue weighted by molar-refractivity contribution is 5.97. The smallest absolute Gasteiger partial charge is 0.254 e. The Morgan fingerprint density at radius 1 is 1.23 bits per heavy atom. The SMILES string of the molecule is CC(C)(O)CN1CCN(C(=O)c2ccc3n[nH]nc3c2)CC1. The van der Waals surface area contributed by atoms with E-state index in [0.717, 1.165) is 18.6 Å².